The first-order chi connectivity index (χ1) is 8.83. The zero-order valence-electron chi connectivity index (χ0n) is 10.7. The second-order valence-corrected chi connectivity index (χ2v) is 3.94. The second-order valence-electron chi connectivity index (χ2n) is 3.94. The molecular weight excluding hydrogens is 228 g/mol. The van der Waals surface area contributed by atoms with Crippen molar-refractivity contribution in [2.24, 2.45) is 0 Å². The van der Waals surface area contributed by atoms with Crippen molar-refractivity contribution in [2.45, 2.75) is 26.3 Å². The van der Waals surface area contributed by atoms with E-state index in [-0.39, 0.29) is 6.04 Å². The van der Waals surface area contributed by atoms with Gasteiger partial charge in [0.2, 0.25) is 5.88 Å². The van der Waals surface area contributed by atoms with Gasteiger partial charge in [0.1, 0.15) is 5.76 Å². The number of hydrogen-bond donors (Lipinski definition) is 1. The van der Waals surface area contributed by atoms with Crippen LogP contribution in [0.3, 0.4) is 0 Å². The van der Waals surface area contributed by atoms with Gasteiger partial charge in [0.05, 0.1) is 30.8 Å². The van der Waals surface area contributed by atoms with E-state index in [1.807, 2.05) is 31.2 Å². The smallest absolute Gasteiger partial charge is 0.213 e. The molecule has 0 radical (unpaired) electrons. The van der Waals surface area contributed by atoms with E-state index in [0.29, 0.717) is 12.5 Å². The summed E-state index contributed by atoms with van der Waals surface area (Å²) in [6, 6.07) is 7.86. The summed E-state index contributed by atoms with van der Waals surface area (Å²) >= 11 is 0. The highest BCUT2D eigenvalue weighted by Crippen LogP contribution is 2.23. The van der Waals surface area contributed by atoms with E-state index in [1.54, 1.807) is 12.5 Å². The average Bonchev–Trinajstić information content (AvgIpc) is 2.92. The highest BCUT2D eigenvalue weighted by molar-refractivity contribution is 5.43. The maximum Gasteiger partial charge on any atom is 0.213 e. The summed E-state index contributed by atoms with van der Waals surface area (Å²) in [5.74, 6) is 1.58. The van der Waals surface area contributed by atoms with Crippen LogP contribution in [0, 0.1) is 0 Å². The minimum absolute atomic E-state index is 0.166. The lowest BCUT2D eigenvalue weighted by Gasteiger charge is -2.15. The van der Waals surface area contributed by atoms with Gasteiger partial charge in [0.25, 0.3) is 0 Å². The number of anilines is 1. The molecule has 2 aromatic heterocycles. The Morgan fingerprint density at radius 2 is 2.22 bits per heavy atom. The minimum atomic E-state index is 0.166. The molecule has 2 heterocycles. The topological polar surface area (TPSA) is 47.3 Å². The fourth-order valence-corrected chi connectivity index (χ4v) is 1.76. The summed E-state index contributed by atoms with van der Waals surface area (Å²) in [6.45, 7) is 4.68. The molecule has 2 aromatic rings. The van der Waals surface area contributed by atoms with Crippen molar-refractivity contribution in [1.29, 1.82) is 0 Å². The predicted octanol–water partition coefficient (Wildman–Crippen LogP) is 3.64. The summed E-state index contributed by atoms with van der Waals surface area (Å²) in [4.78, 5) is 4.22. The highest BCUT2D eigenvalue weighted by atomic mass is 16.5. The van der Waals surface area contributed by atoms with Crippen LogP contribution in [-0.2, 0) is 0 Å². The first-order valence-electron chi connectivity index (χ1n) is 6.22. The standard InChI is InChI=1S/C14H18N2O2/c1-3-12(13-6-5-9-18-13)16-11-7-8-14(15-10-11)17-4-2/h5-10,12,16H,3-4H2,1-2H3. The molecule has 96 valence electrons. The molecule has 0 aliphatic carbocycles. The van der Waals surface area contributed by atoms with Crippen molar-refractivity contribution in [2.75, 3.05) is 11.9 Å². The van der Waals surface area contributed by atoms with Gasteiger partial charge in [-0.25, -0.2) is 4.98 Å². The molecule has 1 atom stereocenters. The largest absolute Gasteiger partial charge is 0.478 e. The van der Waals surface area contributed by atoms with Crippen LogP contribution in [-0.4, -0.2) is 11.6 Å². The Hall–Kier alpha value is -1.97. The number of nitrogens with one attached hydrogen (secondary N) is 1. The third-order valence-corrected chi connectivity index (χ3v) is 2.66. The Morgan fingerprint density at radius 1 is 1.33 bits per heavy atom. The van der Waals surface area contributed by atoms with Crippen LogP contribution in [0.2, 0.25) is 0 Å². The Morgan fingerprint density at radius 3 is 2.78 bits per heavy atom. The molecule has 0 bridgehead atoms. The van der Waals surface area contributed by atoms with Gasteiger partial charge in [-0.15, -0.1) is 0 Å². The lowest BCUT2D eigenvalue weighted by Crippen LogP contribution is -2.09. The molecule has 18 heavy (non-hydrogen) atoms. The number of hydrogen-bond acceptors (Lipinski definition) is 4. The lowest BCUT2D eigenvalue weighted by molar-refractivity contribution is 0.327. The second kappa shape index (κ2) is 6.10. The summed E-state index contributed by atoms with van der Waals surface area (Å²) in [6.07, 6.45) is 4.41. The van der Waals surface area contributed by atoms with E-state index < -0.39 is 0 Å². The molecule has 2 rings (SSSR count). The molecule has 0 aliphatic heterocycles. The number of nitrogens with zero attached hydrogens (tertiary/aromatic N) is 1. The summed E-state index contributed by atoms with van der Waals surface area (Å²) in [5.41, 5.74) is 0.960. The van der Waals surface area contributed by atoms with Crippen LogP contribution < -0.4 is 10.1 Å². The Bertz CT molecular complexity index is 451. The van der Waals surface area contributed by atoms with Crippen molar-refractivity contribution in [3.63, 3.8) is 0 Å². The van der Waals surface area contributed by atoms with Crippen molar-refractivity contribution in [3.8, 4) is 5.88 Å². The van der Waals surface area contributed by atoms with E-state index in [1.165, 1.54) is 0 Å². The van der Waals surface area contributed by atoms with Crippen LogP contribution in [0.15, 0.2) is 41.1 Å². The average molecular weight is 246 g/mol. The quantitative estimate of drug-likeness (QED) is 0.845. The van der Waals surface area contributed by atoms with Crippen LogP contribution in [0.4, 0.5) is 5.69 Å². The molecule has 1 N–H and O–H groups in total. The van der Waals surface area contributed by atoms with E-state index >= 15 is 0 Å². The Kier molecular flexibility index (Phi) is 4.23. The van der Waals surface area contributed by atoms with Crippen LogP contribution in [0.1, 0.15) is 32.1 Å². The van der Waals surface area contributed by atoms with Gasteiger partial charge in [-0.3, -0.25) is 0 Å². The number of furan rings is 1. The molecule has 0 saturated carbocycles. The van der Waals surface area contributed by atoms with Crippen LogP contribution >= 0.6 is 0 Å². The molecule has 0 saturated heterocycles. The molecule has 0 aromatic carbocycles. The normalized spacial score (nSPS) is 12.1. The van der Waals surface area contributed by atoms with Crippen molar-refractivity contribution in [1.82, 2.24) is 4.98 Å². The molecule has 4 heteroatoms. The molecular formula is C14H18N2O2. The molecule has 1 unspecified atom stereocenters. The Labute approximate surface area is 107 Å². The maximum absolute atomic E-state index is 5.41. The van der Waals surface area contributed by atoms with Crippen LogP contribution in [0.5, 0.6) is 5.88 Å². The third-order valence-electron chi connectivity index (χ3n) is 2.66. The van der Waals surface area contributed by atoms with Crippen molar-refractivity contribution in [3.05, 3.63) is 42.5 Å². The zero-order chi connectivity index (χ0) is 12.8. The number of aromatic nitrogens is 1. The third kappa shape index (κ3) is 3.03. The highest BCUT2D eigenvalue weighted by Gasteiger charge is 2.11. The van der Waals surface area contributed by atoms with Gasteiger partial charge in [-0.05, 0) is 31.5 Å². The van der Waals surface area contributed by atoms with Crippen LogP contribution in [0.25, 0.3) is 0 Å². The van der Waals surface area contributed by atoms with Gasteiger partial charge < -0.3 is 14.5 Å². The molecule has 0 aliphatic rings. The monoisotopic (exact) mass is 246 g/mol. The lowest BCUT2D eigenvalue weighted by atomic mass is 10.1. The van der Waals surface area contributed by atoms with Gasteiger partial charge in [0.15, 0.2) is 0 Å². The SMILES string of the molecule is CCOc1ccc(NC(CC)c2ccco2)cn1. The van der Waals surface area contributed by atoms with Crippen molar-refractivity contribution >= 4 is 5.69 Å². The molecule has 0 fully saturated rings. The predicted molar refractivity (Wildman–Crippen MR) is 70.8 cm³/mol. The minimum Gasteiger partial charge on any atom is -0.478 e. The van der Waals surface area contributed by atoms with Gasteiger partial charge in [-0.1, -0.05) is 6.92 Å². The maximum atomic E-state index is 5.41. The van der Waals surface area contributed by atoms with Gasteiger partial charge in [-0.2, -0.15) is 0 Å². The van der Waals surface area contributed by atoms with E-state index in [9.17, 15) is 0 Å². The van der Waals surface area contributed by atoms with E-state index in [0.717, 1.165) is 17.9 Å². The number of pyridine rings is 1. The molecule has 0 amide bonds. The number of ether oxygens (including phenoxy) is 1. The fourth-order valence-electron chi connectivity index (χ4n) is 1.76. The first-order valence-corrected chi connectivity index (χ1v) is 6.22. The Balaban J connectivity index is 2.03. The summed E-state index contributed by atoms with van der Waals surface area (Å²) in [5, 5.41) is 3.39. The van der Waals surface area contributed by atoms with Gasteiger partial charge in [0, 0.05) is 6.07 Å². The fraction of sp³-hybridized carbons (Fsp3) is 0.357. The molecule has 0 spiro atoms. The molecule has 4 nitrogen and oxygen atoms in total. The van der Waals surface area contributed by atoms with E-state index in [2.05, 4.69) is 17.2 Å². The van der Waals surface area contributed by atoms with E-state index in [4.69, 9.17) is 9.15 Å². The first kappa shape index (κ1) is 12.5. The number of rotatable bonds is 6. The zero-order valence-corrected chi connectivity index (χ0v) is 10.7. The van der Waals surface area contributed by atoms with Gasteiger partial charge >= 0.3 is 0 Å². The summed E-state index contributed by atoms with van der Waals surface area (Å²) in [7, 11) is 0. The summed E-state index contributed by atoms with van der Waals surface area (Å²) < 4.78 is 10.7. The van der Waals surface area contributed by atoms with Crippen molar-refractivity contribution < 1.29 is 9.15 Å².